The minimum Gasteiger partial charge on any atom is -0.714 e. The van der Waals surface area contributed by atoms with Gasteiger partial charge in [0.1, 0.15) is 34.9 Å². The minimum atomic E-state index is -5.04. The van der Waals surface area contributed by atoms with Gasteiger partial charge in [0, 0.05) is 0 Å². The van der Waals surface area contributed by atoms with Crippen molar-refractivity contribution in [2.24, 2.45) is 5.16 Å². The normalized spacial score (nSPS) is 31.7. The van der Waals surface area contributed by atoms with E-state index in [2.05, 4.69) is 16.0 Å². The molecule has 24 heavy (non-hydrogen) atoms. The predicted octanol–water partition coefficient (Wildman–Crippen LogP) is -1.33. The third kappa shape index (κ3) is 6.64. The van der Waals surface area contributed by atoms with Crippen LogP contribution in [0.15, 0.2) is 17.8 Å². The summed E-state index contributed by atoms with van der Waals surface area (Å²) >= 11 is 0.723. The van der Waals surface area contributed by atoms with Gasteiger partial charge in [0.25, 0.3) is 10.4 Å². The number of oxime groups is 1. The van der Waals surface area contributed by atoms with Gasteiger partial charge in [-0.25, -0.2) is 0 Å². The molecule has 0 radical (unpaired) electrons. The molecule has 1 saturated heterocycles. The number of ether oxygens (including phenoxy) is 1. The fourth-order valence-corrected chi connectivity index (χ4v) is 3.25. The highest BCUT2D eigenvalue weighted by atomic mass is 32.3. The van der Waals surface area contributed by atoms with E-state index in [9.17, 15) is 28.3 Å². The van der Waals surface area contributed by atoms with Gasteiger partial charge in [-0.3, -0.25) is 4.28 Å². The van der Waals surface area contributed by atoms with Crippen LogP contribution >= 0.6 is 11.8 Å². The number of hydrogen-bond donors (Lipinski definition) is 4. The zero-order valence-electron chi connectivity index (χ0n) is 12.6. The van der Waals surface area contributed by atoms with Crippen molar-refractivity contribution in [1.82, 2.24) is 0 Å². The first-order chi connectivity index (χ1) is 11.2. The molecule has 4 N–H and O–H groups in total. The van der Waals surface area contributed by atoms with E-state index in [-0.39, 0.29) is 11.5 Å². The van der Waals surface area contributed by atoms with Crippen molar-refractivity contribution >= 4 is 27.2 Å². The molecule has 0 aromatic carbocycles. The molecular formula is C12H20NO9S2-. The van der Waals surface area contributed by atoms with Crippen LogP contribution in [-0.2, 0) is 19.4 Å². The molecule has 0 amide bonds. The van der Waals surface area contributed by atoms with Crippen molar-refractivity contribution in [3.8, 4) is 0 Å². The van der Waals surface area contributed by atoms with Crippen molar-refractivity contribution < 1.29 is 42.4 Å². The van der Waals surface area contributed by atoms with Crippen LogP contribution in [0.4, 0.5) is 0 Å². The lowest BCUT2D eigenvalue weighted by Gasteiger charge is -2.39. The van der Waals surface area contributed by atoms with Crippen LogP contribution in [0.2, 0.25) is 0 Å². The Morgan fingerprint density at radius 1 is 1.33 bits per heavy atom. The summed E-state index contributed by atoms with van der Waals surface area (Å²) in [6.45, 7) is 2.93. The van der Waals surface area contributed by atoms with Crippen molar-refractivity contribution in [3.05, 3.63) is 12.7 Å². The van der Waals surface area contributed by atoms with Crippen LogP contribution in [0, 0.1) is 0 Å². The van der Waals surface area contributed by atoms with E-state index in [1.165, 1.54) is 0 Å². The first-order valence-corrected chi connectivity index (χ1v) is 9.20. The molecule has 1 aliphatic rings. The second kappa shape index (κ2) is 9.68. The monoisotopic (exact) mass is 386 g/mol. The van der Waals surface area contributed by atoms with Gasteiger partial charge >= 0.3 is 0 Å². The SMILES string of the molecule is C=CCCCC(=NOS(=O)(=O)[O-])SC1OC(CO)C(O)C(O)C1O. The van der Waals surface area contributed by atoms with Crippen molar-refractivity contribution in [2.75, 3.05) is 6.61 Å². The Balaban J connectivity index is 2.84. The van der Waals surface area contributed by atoms with Gasteiger partial charge in [0.05, 0.1) is 6.61 Å². The van der Waals surface area contributed by atoms with Gasteiger partial charge in [-0.05, 0) is 19.3 Å². The number of nitrogens with zero attached hydrogens (tertiary/aromatic N) is 1. The number of aliphatic hydroxyl groups excluding tert-OH is 4. The first-order valence-electron chi connectivity index (χ1n) is 6.99. The molecule has 140 valence electrons. The Morgan fingerprint density at radius 2 is 2.00 bits per heavy atom. The fourth-order valence-electron chi connectivity index (χ4n) is 1.91. The Bertz CT molecular complexity index is 537. The van der Waals surface area contributed by atoms with E-state index in [1.54, 1.807) is 6.08 Å². The van der Waals surface area contributed by atoms with E-state index in [1.807, 2.05) is 0 Å². The van der Waals surface area contributed by atoms with Gasteiger partial charge in [0.2, 0.25) is 0 Å². The average molecular weight is 386 g/mol. The van der Waals surface area contributed by atoms with Crippen LogP contribution in [0.1, 0.15) is 19.3 Å². The Labute approximate surface area is 143 Å². The summed E-state index contributed by atoms with van der Waals surface area (Å²) in [4.78, 5) is 0. The molecule has 1 heterocycles. The summed E-state index contributed by atoms with van der Waals surface area (Å²) in [6, 6.07) is 0. The Hall–Kier alpha value is -0.730. The van der Waals surface area contributed by atoms with Gasteiger partial charge < -0.3 is 29.7 Å². The van der Waals surface area contributed by atoms with Crippen molar-refractivity contribution in [3.63, 3.8) is 0 Å². The van der Waals surface area contributed by atoms with Crippen LogP contribution in [0.5, 0.6) is 0 Å². The third-order valence-corrected chi connectivity index (χ3v) is 4.56. The quantitative estimate of drug-likeness (QED) is 0.0745. The van der Waals surface area contributed by atoms with E-state index in [0.29, 0.717) is 12.8 Å². The van der Waals surface area contributed by atoms with Crippen LogP contribution < -0.4 is 0 Å². The molecule has 1 aliphatic heterocycles. The second-order valence-electron chi connectivity index (χ2n) is 4.96. The number of rotatable bonds is 8. The fraction of sp³-hybridized carbons (Fsp3) is 0.750. The molecule has 5 atom stereocenters. The summed E-state index contributed by atoms with van der Waals surface area (Å²) in [5.41, 5.74) is -1.15. The largest absolute Gasteiger partial charge is 0.714 e. The molecule has 5 unspecified atom stereocenters. The maximum absolute atomic E-state index is 10.5. The lowest BCUT2D eigenvalue weighted by atomic mass is 10.0. The molecule has 10 nitrogen and oxygen atoms in total. The topological polar surface area (TPSA) is 169 Å². The standard InChI is InChI=1S/C12H21NO9S2/c1-2-3-4-5-8(13-22-24(18,19)20)23-12-11(17)10(16)9(15)7(6-14)21-12/h2,7,9-12,14-17H,1,3-6H2,(H,18,19,20)/p-1. The number of hydrogen-bond acceptors (Lipinski definition) is 11. The Morgan fingerprint density at radius 3 is 2.54 bits per heavy atom. The highest BCUT2D eigenvalue weighted by molar-refractivity contribution is 8.14. The molecule has 1 fully saturated rings. The van der Waals surface area contributed by atoms with E-state index >= 15 is 0 Å². The smallest absolute Gasteiger partial charge is 0.284 e. The van der Waals surface area contributed by atoms with Crippen molar-refractivity contribution in [1.29, 1.82) is 0 Å². The molecule has 0 aromatic heterocycles. The second-order valence-corrected chi connectivity index (χ2v) is 7.10. The zero-order valence-corrected chi connectivity index (χ0v) is 14.2. The molecule has 0 aromatic rings. The summed E-state index contributed by atoms with van der Waals surface area (Å²) in [5, 5.41) is 41.8. The molecule has 0 bridgehead atoms. The van der Waals surface area contributed by atoms with Gasteiger partial charge in [-0.15, -0.1) is 6.58 Å². The van der Waals surface area contributed by atoms with E-state index in [0.717, 1.165) is 11.8 Å². The number of aliphatic hydroxyl groups is 4. The third-order valence-electron chi connectivity index (χ3n) is 3.13. The lowest BCUT2D eigenvalue weighted by molar-refractivity contribution is -0.205. The van der Waals surface area contributed by atoms with Crippen LogP contribution in [0.25, 0.3) is 0 Å². The molecule has 0 spiro atoms. The minimum absolute atomic E-state index is 0.0283. The maximum atomic E-state index is 10.5. The summed E-state index contributed by atoms with van der Waals surface area (Å²) in [6.07, 6.45) is -2.82. The molecule has 12 heteroatoms. The molecule has 0 aliphatic carbocycles. The summed E-state index contributed by atoms with van der Waals surface area (Å²) in [7, 11) is -5.04. The molecule has 1 rings (SSSR count). The van der Waals surface area contributed by atoms with E-state index in [4.69, 9.17) is 9.84 Å². The maximum Gasteiger partial charge on any atom is 0.284 e. The summed E-state index contributed by atoms with van der Waals surface area (Å²) in [5.74, 6) is 0. The van der Waals surface area contributed by atoms with E-state index < -0.39 is 46.9 Å². The number of allylic oxidation sites excluding steroid dienone is 1. The number of thioether (sulfide) groups is 1. The summed E-state index contributed by atoms with van der Waals surface area (Å²) < 4.78 is 40.7. The van der Waals surface area contributed by atoms with Gasteiger partial charge in [0.15, 0.2) is 0 Å². The highest BCUT2D eigenvalue weighted by Gasteiger charge is 2.44. The highest BCUT2D eigenvalue weighted by Crippen LogP contribution is 2.30. The van der Waals surface area contributed by atoms with Gasteiger partial charge in [-0.2, -0.15) is 8.42 Å². The predicted molar refractivity (Wildman–Crippen MR) is 83.6 cm³/mol. The van der Waals surface area contributed by atoms with Crippen molar-refractivity contribution in [2.45, 2.75) is 49.1 Å². The average Bonchev–Trinajstić information content (AvgIpc) is 2.52. The molecular weight excluding hydrogens is 366 g/mol. The van der Waals surface area contributed by atoms with Crippen LogP contribution in [0.3, 0.4) is 0 Å². The molecule has 0 saturated carbocycles. The first kappa shape index (κ1) is 21.3. The number of unbranched alkanes of at least 4 members (excludes halogenated alkanes) is 1. The van der Waals surface area contributed by atoms with Crippen LogP contribution in [-0.4, -0.2) is 74.9 Å². The lowest BCUT2D eigenvalue weighted by Crippen LogP contribution is -2.57. The van der Waals surface area contributed by atoms with Gasteiger partial charge in [-0.1, -0.05) is 23.0 Å². The Kier molecular flexibility index (Phi) is 8.59. The zero-order chi connectivity index (χ0) is 18.3.